The summed E-state index contributed by atoms with van der Waals surface area (Å²) in [6.45, 7) is 4.27. The first kappa shape index (κ1) is 25.4. The Morgan fingerprint density at radius 2 is 1.89 bits per heavy atom. The van der Waals surface area contributed by atoms with Gasteiger partial charge in [-0.3, -0.25) is 4.79 Å². The summed E-state index contributed by atoms with van der Waals surface area (Å²) >= 11 is 7.79. The molecular formula is C28H30ClNO4S. The Bertz CT molecular complexity index is 1170. The molecule has 0 aromatic heterocycles. The predicted molar refractivity (Wildman–Crippen MR) is 141 cm³/mol. The van der Waals surface area contributed by atoms with Crippen LogP contribution in [-0.2, 0) is 14.3 Å². The van der Waals surface area contributed by atoms with E-state index in [1.165, 1.54) is 0 Å². The smallest absolute Gasteiger partial charge is 0.336 e. The number of dihydropyridines is 1. The number of ketones is 1. The zero-order valence-electron chi connectivity index (χ0n) is 20.2. The van der Waals surface area contributed by atoms with E-state index in [-0.39, 0.29) is 11.7 Å². The van der Waals surface area contributed by atoms with Crippen molar-refractivity contribution in [1.82, 2.24) is 5.32 Å². The van der Waals surface area contributed by atoms with Crippen molar-refractivity contribution in [2.75, 3.05) is 25.2 Å². The second-order valence-electron chi connectivity index (χ2n) is 8.64. The molecule has 35 heavy (non-hydrogen) atoms. The Hall–Kier alpha value is -2.70. The van der Waals surface area contributed by atoms with Crippen LogP contribution < -0.4 is 10.1 Å². The average Bonchev–Trinajstić information content (AvgIpc) is 2.86. The van der Waals surface area contributed by atoms with Crippen molar-refractivity contribution in [2.24, 2.45) is 0 Å². The lowest BCUT2D eigenvalue weighted by atomic mass is 9.71. The number of allylic oxidation sites excluding steroid dienone is 3. The minimum absolute atomic E-state index is 0.0222. The minimum Gasteiger partial charge on any atom is -0.496 e. The number of rotatable bonds is 8. The Labute approximate surface area is 215 Å². The standard InChI is InChI=1S/C28H30ClNO4S/c1-4-35-14-13-34-28(32)25-17(2)30-22-15-19(18-9-11-20(29)12-10-18)16-23(31)27(22)26(25)21-7-5-6-8-24(21)33-3/h5-12,19,26,30H,4,13-16H2,1-3H3/t19-,26-/m0/s1. The van der Waals surface area contributed by atoms with E-state index in [9.17, 15) is 9.59 Å². The monoisotopic (exact) mass is 511 g/mol. The van der Waals surface area contributed by atoms with Crippen LogP contribution in [0.25, 0.3) is 0 Å². The molecule has 4 rings (SSSR count). The van der Waals surface area contributed by atoms with Gasteiger partial charge in [0.05, 0.1) is 18.6 Å². The van der Waals surface area contributed by atoms with Crippen LogP contribution in [0.4, 0.5) is 0 Å². The highest BCUT2D eigenvalue weighted by atomic mass is 35.5. The number of esters is 1. The number of hydrogen-bond acceptors (Lipinski definition) is 6. The molecule has 0 spiro atoms. The third-order valence-corrected chi connectivity index (χ3v) is 7.62. The number of para-hydroxylation sites is 1. The van der Waals surface area contributed by atoms with Gasteiger partial charge in [0.2, 0.25) is 0 Å². The number of carbonyl (C=O) groups is 2. The number of carbonyl (C=O) groups excluding carboxylic acids is 2. The van der Waals surface area contributed by atoms with Gasteiger partial charge >= 0.3 is 5.97 Å². The van der Waals surface area contributed by atoms with E-state index in [0.717, 1.165) is 28.3 Å². The van der Waals surface area contributed by atoms with Crippen LogP contribution in [-0.4, -0.2) is 37.0 Å². The highest BCUT2D eigenvalue weighted by Crippen LogP contribution is 2.47. The van der Waals surface area contributed by atoms with E-state index in [2.05, 4.69) is 12.2 Å². The van der Waals surface area contributed by atoms with Crippen molar-refractivity contribution in [3.05, 3.63) is 87.2 Å². The fourth-order valence-corrected chi connectivity index (χ4v) is 5.53. The van der Waals surface area contributed by atoms with Crippen LogP contribution in [0.1, 0.15) is 49.7 Å². The van der Waals surface area contributed by atoms with Gasteiger partial charge in [-0.2, -0.15) is 11.8 Å². The molecule has 0 radical (unpaired) electrons. The van der Waals surface area contributed by atoms with Gasteiger partial charge in [-0.05, 0) is 48.8 Å². The minimum atomic E-state index is -0.549. The summed E-state index contributed by atoms with van der Waals surface area (Å²) in [6.07, 6.45) is 1.03. The molecule has 0 saturated carbocycles. The maximum atomic E-state index is 13.7. The number of halogens is 1. The van der Waals surface area contributed by atoms with Crippen LogP contribution in [0.5, 0.6) is 5.75 Å². The van der Waals surface area contributed by atoms with Gasteiger partial charge in [0, 0.05) is 39.7 Å². The molecule has 0 unspecified atom stereocenters. The summed E-state index contributed by atoms with van der Waals surface area (Å²) in [5, 5.41) is 4.06. The third-order valence-electron chi connectivity index (χ3n) is 6.50. The number of nitrogens with one attached hydrogen (secondary N) is 1. The van der Waals surface area contributed by atoms with Crippen LogP contribution in [0.3, 0.4) is 0 Å². The van der Waals surface area contributed by atoms with E-state index in [4.69, 9.17) is 21.1 Å². The molecule has 184 valence electrons. The molecule has 7 heteroatoms. The lowest BCUT2D eigenvalue weighted by Crippen LogP contribution is -2.36. The summed E-state index contributed by atoms with van der Waals surface area (Å²) in [5.74, 6) is 1.44. The molecule has 0 fully saturated rings. The second-order valence-corrected chi connectivity index (χ2v) is 10.5. The first-order chi connectivity index (χ1) is 16.9. The van der Waals surface area contributed by atoms with Crippen LogP contribution >= 0.6 is 23.4 Å². The van der Waals surface area contributed by atoms with Crippen molar-refractivity contribution in [3.8, 4) is 5.75 Å². The summed E-state index contributed by atoms with van der Waals surface area (Å²) in [7, 11) is 1.60. The summed E-state index contributed by atoms with van der Waals surface area (Å²) in [4.78, 5) is 27.0. The van der Waals surface area contributed by atoms with Gasteiger partial charge in [-0.15, -0.1) is 0 Å². The zero-order valence-corrected chi connectivity index (χ0v) is 21.8. The topological polar surface area (TPSA) is 64.6 Å². The van der Waals surface area contributed by atoms with Gasteiger partial charge in [0.25, 0.3) is 0 Å². The lowest BCUT2D eigenvalue weighted by Gasteiger charge is -2.37. The van der Waals surface area contributed by atoms with Gasteiger partial charge in [0.15, 0.2) is 5.78 Å². The van der Waals surface area contributed by atoms with E-state index >= 15 is 0 Å². The molecule has 0 amide bonds. The molecule has 5 nitrogen and oxygen atoms in total. The molecule has 2 aromatic rings. The summed E-state index contributed by atoms with van der Waals surface area (Å²) in [6, 6.07) is 15.2. The molecule has 2 atom stereocenters. The average molecular weight is 512 g/mol. The number of hydrogen-bond donors (Lipinski definition) is 1. The van der Waals surface area contributed by atoms with Gasteiger partial charge < -0.3 is 14.8 Å². The third kappa shape index (κ3) is 5.44. The first-order valence-corrected chi connectivity index (χ1v) is 13.3. The molecule has 1 aliphatic carbocycles. The van der Waals surface area contributed by atoms with Crippen molar-refractivity contribution in [1.29, 1.82) is 0 Å². The highest BCUT2D eigenvalue weighted by molar-refractivity contribution is 7.99. The van der Waals surface area contributed by atoms with E-state index in [1.54, 1.807) is 18.9 Å². The molecule has 2 aliphatic rings. The van der Waals surface area contributed by atoms with Crippen molar-refractivity contribution in [2.45, 2.75) is 38.5 Å². The second kappa shape index (κ2) is 11.4. The van der Waals surface area contributed by atoms with Gasteiger partial charge in [-0.25, -0.2) is 4.79 Å². The summed E-state index contributed by atoms with van der Waals surface area (Å²) in [5.41, 5.74) is 4.51. The number of Topliss-reactive ketones (excluding diaryl/α,β-unsaturated/α-hetero) is 1. The number of thioether (sulfide) groups is 1. The van der Waals surface area contributed by atoms with Crippen LogP contribution in [0.2, 0.25) is 5.02 Å². The van der Waals surface area contributed by atoms with E-state index in [0.29, 0.717) is 47.1 Å². The molecule has 0 bridgehead atoms. The fourth-order valence-electron chi connectivity index (χ4n) is 4.91. The SMILES string of the molecule is CCSCCOC(=O)C1=C(C)NC2=C(C(=O)C[C@@H](c3ccc(Cl)cc3)C2)[C@H]1c1ccccc1OC. The maximum absolute atomic E-state index is 13.7. The predicted octanol–water partition coefficient (Wildman–Crippen LogP) is 6.01. The first-order valence-electron chi connectivity index (χ1n) is 11.8. The van der Waals surface area contributed by atoms with Crippen molar-refractivity contribution in [3.63, 3.8) is 0 Å². The molecular weight excluding hydrogens is 482 g/mol. The van der Waals surface area contributed by atoms with Crippen LogP contribution in [0.15, 0.2) is 71.1 Å². The maximum Gasteiger partial charge on any atom is 0.336 e. The summed E-state index contributed by atoms with van der Waals surface area (Å²) < 4.78 is 11.3. The van der Waals surface area contributed by atoms with Crippen LogP contribution in [0, 0.1) is 0 Å². The quantitative estimate of drug-likeness (QED) is 0.346. The fraction of sp³-hybridized carbons (Fsp3) is 0.357. The Morgan fingerprint density at radius 3 is 2.60 bits per heavy atom. The number of benzene rings is 2. The Balaban J connectivity index is 1.74. The van der Waals surface area contributed by atoms with Crippen molar-refractivity contribution < 1.29 is 19.1 Å². The normalized spacial score (nSPS) is 19.8. The molecule has 1 aliphatic heterocycles. The highest BCUT2D eigenvalue weighted by Gasteiger charge is 2.42. The lowest BCUT2D eigenvalue weighted by molar-refractivity contribution is -0.138. The number of methoxy groups -OCH3 is 1. The Kier molecular flexibility index (Phi) is 8.24. The van der Waals surface area contributed by atoms with E-state index < -0.39 is 11.9 Å². The zero-order chi connectivity index (χ0) is 24.9. The number of ether oxygens (including phenoxy) is 2. The molecule has 1 heterocycles. The Morgan fingerprint density at radius 1 is 1.14 bits per heavy atom. The molecule has 2 aromatic carbocycles. The van der Waals surface area contributed by atoms with E-state index in [1.807, 2.05) is 55.5 Å². The van der Waals surface area contributed by atoms with Gasteiger partial charge in [0.1, 0.15) is 12.4 Å². The van der Waals surface area contributed by atoms with Crippen molar-refractivity contribution >= 4 is 35.1 Å². The van der Waals surface area contributed by atoms with Gasteiger partial charge in [-0.1, -0.05) is 48.9 Å². The largest absolute Gasteiger partial charge is 0.496 e. The molecule has 1 N–H and O–H groups in total. The molecule has 0 saturated heterocycles.